The fraction of sp³-hybridized carbons (Fsp3) is 0.444. The minimum atomic E-state index is 0.0433. The van der Waals surface area contributed by atoms with E-state index in [-0.39, 0.29) is 11.9 Å². The molecule has 0 saturated carbocycles. The number of nitrogens with zero attached hydrogens (tertiary/aromatic N) is 1. The highest BCUT2D eigenvalue weighted by atomic mass is 35.5. The molecule has 2 N–H and O–H groups in total. The molecule has 0 spiro atoms. The van der Waals surface area contributed by atoms with E-state index in [1.54, 1.807) is 6.20 Å². The number of piperidine rings is 1. The molecular formula is C18H22ClN3O2. The number of aromatic nitrogens is 1. The molecule has 2 heterocycles. The standard InChI is InChI=1S/C18H22ClN3O2/c1-12-8-9-20-10-15(12)22-17(23)6-7-18-21-11-16(24-18)13-2-4-14(19)5-3-13/h2-5,11-12,15,20H,6-10H2,1H3,(H,22,23). The number of amides is 1. The van der Waals surface area contributed by atoms with Crippen molar-refractivity contribution in [3.05, 3.63) is 41.4 Å². The van der Waals surface area contributed by atoms with Crippen LogP contribution in [0.2, 0.25) is 5.02 Å². The summed E-state index contributed by atoms with van der Waals surface area (Å²) in [5.41, 5.74) is 0.921. The van der Waals surface area contributed by atoms with Crippen molar-refractivity contribution < 1.29 is 9.21 Å². The Morgan fingerprint density at radius 2 is 2.21 bits per heavy atom. The van der Waals surface area contributed by atoms with Crippen LogP contribution in [-0.4, -0.2) is 30.0 Å². The van der Waals surface area contributed by atoms with Crippen LogP contribution in [0.3, 0.4) is 0 Å². The van der Waals surface area contributed by atoms with Crippen LogP contribution in [-0.2, 0) is 11.2 Å². The van der Waals surface area contributed by atoms with Crippen LogP contribution in [0.15, 0.2) is 34.9 Å². The molecule has 2 atom stereocenters. The maximum absolute atomic E-state index is 12.1. The molecule has 1 aromatic carbocycles. The highest BCUT2D eigenvalue weighted by molar-refractivity contribution is 6.30. The van der Waals surface area contributed by atoms with E-state index in [0.717, 1.165) is 25.1 Å². The first-order valence-electron chi connectivity index (χ1n) is 8.32. The van der Waals surface area contributed by atoms with Crippen molar-refractivity contribution in [1.82, 2.24) is 15.6 Å². The van der Waals surface area contributed by atoms with E-state index in [1.165, 1.54) is 0 Å². The van der Waals surface area contributed by atoms with Gasteiger partial charge in [-0.1, -0.05) is 18.5 Å². The molecule has 2 aromatic rings. The average molecular weight is 348 g/mol. The van der Waals surface area contributed by atoms with Gasteiger partial charge in [0, 0.05) is 36.0 Å². The van der Waals surface area contributed by atoms with Crippen molar-refractivity contribution >= 4 is 17.5 Å². The largest absolute Gasteiger partial charge is 0.441 e. The van der Waals surface area contributed by atoms with Gasteiger partial charge < -0.3 is 15.1 Å². The summed E-state index contributed by atoms with van der Waals surface area (Å²) in [7, 11) is 0. The van der Waals surface area contributed by atoms with Gasteiger partial charge in [0.15, 0.2) is 11.7 Å². The highest BCUT2D eigenvalue weighted by Crippen LogP contribution is 2.22. The average Bonchev–Trinajstić information content (AvgIpc) is 3.05. The Labute approximate surface area is 146 Å². The second-order valence-electron chi connectivity index (χ2n) is 6.27. The van der Waals surface area contributed by atoms with Crippen LogP contribution < -0.4 is 10.6 Å². The predicted molar refractivity (Wildman–Crippen MR) is 93.9 cm³/mol. The van der Waals surface area contributed by atoms with Gasteiger partial charge in [0.1, 0.15) is 0 Å². The number of rotatable bonds is 5. The number of halogens is 1. The second-order valence-corrected chi connectivity index (χ2v) is 6.71. The molecule has 24 heavy (non-hydrogen) atoms. The molecule has 1 amide bonds. The molecule has 1 fully saturated rings. The lowest BCUT2D eigenvalue weighted by molar-refractivity contribution is -0.122. The Balaban J connectivity index is 1.51. The van der Waals surface area contributed by atoms with Gasteiger partial charge in [0.25, 0.3) is 0 Å². The van der Waals surface area contributed by atoms with Gasteiger partial charge >= 0.3 is 0 Å². The molecule has 1 aliphatic heterocycles. The van der Waals surface area contributed by atoms with Crippen molar-refractivity contribution in [1.29, 1.82) is 0 Å². The molecule has 3 rings (SSSR count). The first-order valence-corrected chi connectivity index (χ1v) is 8.70. The summed E-state index contributed by atoms with van der Waals surface area (Å²) in [5.74, 6) is 1.81. The third-order valence-electron chi connectivity index (χ3n) is 4.42. The van der Waals surface area contributed by atoms with E-state index in [1.807, 2.05) is 24.3 Å². The second kappa shape index (κ2) is 7.81. The van der Waals surface area contributed by atoms with Crippen LogP contribution in [0.5, 0.6) is 0 Å². The zero-order valence-electron chi connectivity index (χ0n) is 13.7. The third-order valence-corrected chi connectivity index (χ3v) is 4.67. The van der Waals surface area contributed by atoms with Gasteiger partial charge in [0.05, 0.1) is 6.20 Å². The molecular weight excluding hydrogens is 326 g/mol. The number of hydrogen-bond donors (Lipinski definition) is 2. The minimum Gasteiger partial charge on any atom is -0.441 e. The maximum Gasteiger partial charge on any atom is 0.220 e. The van der Waals surface area contributed by atoms with Crippen molar-refractivity contribution in [3.8, 4) is 11.3 Å². The smallest absolute Gasteiger partial charge is 0.220 e. The fourth-order valence-electron chi connectivity index (χ4n) is 2.86. The van der Waals surface area contributed by atoms with Crippen molar-refractivity contribution in [2.24, 2.45) is 5.92 Å². The van der Waals surface area contributed by atoms with E-state index in [4.69, 9.17) is 16.0 Å². The Bertz CT molecular complexity index is 684. The molecule has 6 heteroatoms. The normalized spacial score (nSPS) is 20.8. The topological polar surface area (TPSA) is 67.2 Å². The van der Waals surface area contributed by atoms with Crippen LogP contribution in [0, 0.1) is 5.92 Å². The lowest BCUT2D eigenvalue weighted by Crippen LogP contribution is -2.50. The van der Waals surface area contributed by atoms with Gasteiger partial charge in [-0.25, -0.2) is 4.98 Å². The zero-order chi connectivity index (χ0) is 16.9. The number of nitrogens with one attached hydrogen (secondary N) is 2. The Morgan fingerprint density at radius 3 is 2.96 bits per heavy atom. The van der Waals surface area contributed by atoms with E-state index in [9.17, 15) is 4.79 Å². The molecule has 0 aliphatic carbocycles. The van der Waals surface area contributed by atoms with Crippen LogP contribution >= 0.6 is 11.6 Å². The summed E-state index contributed by atoms with van der Waals surface area (Å²) in [5, 5.41) is 7.09. The molecule has 1 aromatic heterocycles. The Hall–Kier alpha value is -1.85. The first-order chi connectivity index (χ1) is 11.6. The summed E-state index contributed by atoms with van der Waals surface area (Å²) in [6, 6.07) is 7.60. The van der Waals surface area contributed by atoms with E-state index in [2.05, 4.69) is 22.5 Å². The van der Waals surface area contributed by atoms with Crippen LogP contribution in [0.25, 0.3) is 11.3 Å². The number of aryl methyl sites for hydroxylation is 1. The van der Waals surface area contributed by atoms with Gasteiger partial charge in [0.2, 0.25) is 5.91 Å². The summed E-state index contributed by atoms with van der Waals surface area (Å²) < 4.78 is 5.72. The summed E-state index contributed by atoms with van der Waals surface area (Å²) >= 11 is 5.88. The zero-order valence-corrected chi connectivity index (χ0v) is 14.5. The van der Waals surface area contributed by atoms with Crippen molar-refractivity contribution in [3.63, 3.8) is 0 Å². The van der Waals surface area contributed by atoms with Gasteiger partial charge in [-0.05, 0) is 43.1 Å². The Kier molecular flexibility index (Phi) is 5.53. The number of hydrogen-bond acceptors (Lipinski definition) is 4. The van der Waals surface area contributed by atoms with Gasteiger partial charge in [-0.2, -0.15) is 0 Å². The molecule has 0 bridgehead atoms. The van der Waals surface area contributed by atoms with Crippen LogP contribution in [0.4, 0.5) is 0 Å². The van der Waals surface area contributed by atoms with E-state index < -0.39 is 0 Å². The first kappa shape index (κ1) is 17.0. The van der Waals surface area contributed by atoms with Gasteiger partial charge in [-0.3, -0.25) is 4.79 Å². The van der Waals surface area contributed by atoms with Crippen molar-refractivity contribution in [2.45, 2.75) is 32.2 Å². The number of benzene rings is 1. The monoisotopic (exact) mass is 347 g/mol. The molecule has 128 valence electrons. The summed E-state index contributed by atoms with van der Waals surface area (Å²) in [6.45, 7) is 4.04. The minimum absolute atomic E-state index is 0.0433. The van der Waals surface area contributed by atoms with E-state index in [0.29, 0.717) is 35.4 Å². The number of carbonyl (C=O) groups is 1. The van der Waals surface area contributed by atoms with Crippen LogP contribution in [0.1, 0.15) is 25.7 Å². The molecule has 2 unspecified atom stereocenters. The predicted octanol–water partition coefficient (Wildman–Crippen LogP) is 3.04. The number of carbonyl (C=O) groups excluding carboxylic acids is 1. The molecule has 0 radical (unpaired) electrons. The highest BCUT2D eigenvalue weighted by Gasteiger charge is 2.22. The van der Waals surface area contributed by atoms with E-state index >= 15 is 0 Å². The van der Waals surface area contributed by atoms with Crippen molar-refractivity contribution in [2.75, 3.05) is 13.1 Å². The molecule has 1 saturated heterocycles. The summed E-state index contributed by atoms with van der Waals surface area (Å²) in [4.78, 5) is 16.4. The SMILES string of the molecule is CC1CCNCC1NC(=O)CCc1ncc(-c2ccc(Cl)cc2)o1. The Morgan fingerprint density at radius 1 is 1.42 bits per heavy atom. The summed E-state index contributed by atoms with van der Waals surface area (Å²) in [6.07, 6.45) is 3.65. The lowest BCUT2D eigenvalue weighted by Gasteiger charge is -2.30. The maximum atomic E-state index is 12.1. The van der Waals surface area contributed by atoms with Gasteiger partial charge in [-0.15, -0.1) is 0 Å². The molecule has 5 nitrogen and oxygen atoms in total. The third kappa shape index (κ3) is 4.36. The lowest BCUT2D eigenvalue weighted by atomic mass is 9.95. The molecule has 1 aliphatic rings. The quantitative estimate of drug-likeness (QED) is 0.872. The number of oxazole rings is 1. The fourth-order valence-corrected chi connectivity index (χ4v) is 2.98.